The Morgan fingerprint density at radius 1 is 1.33 bits per heavy atom. The molecule has 1 aromatic carbocycles. The molecule has 2 rings (SSSR count). The van der Waals surface area contributed by atoms with Crippen LogP contribution in [0, 0.1) is 11.2 Å². The molecule has 0 saturated carbocycles. The molecule has 0 aliphatic carbocycles. The lowest BCUT2D eigenvalue weighted by Gasteiger charge is -2.43. The standard InChI is InChI=1S/C20H28FNO5/c1-27-11-4-2-3-8-18(24)22-10-9-17(23)20(14-22,19(25)26)13-15-6-5-7-16(21)12-15/h5-7,12,17,23H,2-4,8-11,13-14H2,1H3,(H,25,26)/t17-,20-/m1/s1. The Hall–Kier alpha value is -1.99. The van der Waals surface area contributed by atoms with Crippen LogP contribution in [0.5, 0.6) is 0 Å². The van der Waals surface area contributed by atoms with Crippen molar-refractivity contribution >= 4 is 11.9 Å². The van der Waals surface area contributed by atoms with Gasteiger partial charge in [0.1, 0.15) is 11.2 Å². The topological polar surface area (TPSA) is 87.1 Å². The van der Waals surface area contributed by atoms with E-state index in [2.05, 4.69) is 0 Å². The van der Waals surface area contributed by atoms with Crippen LogP contribution in [0.1, 0.15) is 37.7 Å². The summed E-state index contributed by atoms with van der Waals surface area (Å²) in [5.41, 5.74) is -1.04. The van der Waals surface area contributed by atoms with E-state index in [4.69, 9.17) is 4.74 Å². The van der Waals surface area contributed by atoms with E-state index in [1.165, 1.54) is 23.1 Å². The molecule has 1 aliphatic heterocycles. The first-order valence-electron chi connectivity index (χ1n) is 9.31. The highest BCUT2D eigenvalue weighted by molar-refractivity contribution is 5.80. The number of hydrogen-bond acceptors (Lipinski definition) is 4. The minimum atomic E-state index is -1.53. The van der Waals surface area contributed by atoms with E-state index in [1.54, 1.807) is 13.2 Å². The molecule has 150 valence electrons. The van der Waals surface area contributed by atoms with Crippen LogP contribution in [0.25, 0.3) is 0 Å². The molecular formula is C20H28FNO5. The van der Waals surface area contributed by atoms with Crippen molar-refractivity contribution in [2.75, 3.05) is 26.8 Å². The van der Waals surface area contributed by atoms with Crippen molar-refractivity contribution in [1.82, 2.24) is 4.90 Å². The molecule has 1 fully saturated rings. The van der Waals surface area contributed by atoms with Crippen molar-refractivity contribution in [3.63, 3.8) is 0 Å². The molecule has 6 nitrogen and oxygen atoms in total. The van der Waals surface area contributed by atoms with Crippen LogP contribution >= 0.6 is 0 Å². The summed E-state index contributed by atoms with van der Waals surface area (Å²) in [6.45, 7) is 0.910. The van der Waals surface area contributed by atoms with Crippen LogP contribution in [0.2, 0.25) is 0 Å². The number of benzene rings is 1. The van der Waals surface area contributed by atoms with Crippen molar-refractivity contribution in [3.8, 4) is 0 Å². The average molecular weight is 381 g/mol. The normalized spacial score (nSPS) is 22.6. The number of carbonyl (C=O) groups is 2. The fourth-order valence-corrected chi connectivity index (χ4v) is 3.62. The summed E-state index contributed by atoms with van der Waals surface area (Å²) < 4.78 is 18.5. The minimum absolute atomic E-state index is 0.0289. The lowest BCUT2D eigenvalue weighted by Crippen LogP contribution is -2.58. The summed E-state index contributed by atoms with van der Waals surface area (Å²) in [7, 11) is 1.63. The lowest BCUT2D eigenvalue weighted by atomic mass is 9.72. The number of carbonyl (C=O) groups excluding carboxylic acids is 1. The third-order valence-corrected chi connectivity index (χ3v) is 5.21. The molecule has 1 heterocycles. The zero-order valence-corrected chi connectivity index (χ0v) is 15.7. The Balaban J connectivity index is 2.07. The number of aliphatic hydroxyl groups is 1. The van der Waals surface area contributed by atoms with Gasteiger partial charge in [0.25, 0.3) is 0 Å². The van der Waals surface area contributed by atoms with Crippen LogP contribution < -0.4 is 0 Å². The minimum Gasteiger partial charge on any atom is -0.481 e. The number of amides is 1. The molecule has 1 aliphatic rings. The SMILES string of the molecule is COCCCCCC(=O)N1CC[C@@H](O)[C@](Cc2cccc(F)c2)(C(=O)O)C1. The van der Waals surface area contributed by atoms with Crippen LogP contribution in [-0.2, 0) is 20.7 Å². The van der Waals surface area contributed by atoms with Crippen LogP contribution in [0.3, 0.4) is 0 Å². The molecule has 1 amide bonds. The molecule has 0 spiro atoms. The zero-order chi connectivity index (χ0) is 19.9. The van der Waals surface area contributed by atoms with Crippen LogP contribution in [0.15, 0.2) is 24.3 Å². The summed E-state index contributed by atoms with van der Waals surface area (Å²) in [6, 6.07) is 5.71. The lowest BCUT2D eigenvalue weighted by molar-refractivity contribution is -0.165. The van der Waals surface area contributed by atoms with Gasteiger partial charge in [0, 0.05) is 33.2 Å². The molecule has 0 aromatic heterocycles. The summed E-state index contributed by atoms with van der Waals surface area (Å²) in [4.78, 5) is 26.1. The van der Waals surface area contributed by atoms with Gasteiger partial charge < -0.3 is 19.8 Å². The van der Waals surface area contributed by atoms with Crippen molar-refractivity contribution in [2.24, 2.45) is 5.41 Å². The quantitative estimate of drug-likeness (QED) is 0.641. The number of unbranched alkanes of at least 4 members (excludes halogenated alkanes) is 2. The second-order valence-corrected chi connectivity index (χ2v) is 7.19. The molecule has 7 heteroatoms. The third kappa shape index (κ3) is 5.49. The monoisotopic (exact) mass is 381 g/mol. The van der Waals surface area contributed by atoms with Gasteiger partial charge in [-0.1, -0.05) is 18.6 Å². The van der Waals surface area contributed by atoms with Crippen molar-refractivity contribution in [1.29, 1.82) is 0 Å². The number of aliphatic carboxylic acids is 1. The number of hydrogen-bond donors (Lipinski definition) is 2. The molecule has 1 aromatic rings. The number of carboxylic acids is 1. The Morgan fingerprint density at radius 3 is 2.78 bits per heavy atom. The Labute approximate surface area is 158 Å². The number of methoxy groups -OCH3 is 1. The van der Waals surface area contributed by atoms with Crippen molar-refractivity contribution < 1.29 is 28.9 Å². The Kier molecular flexibility index (Phi) is 7.74. The van der Waals surface area contributed by atoms with E-state index < -0.39 is 23.3 Å². The van der Waals surface area contributed by atoms with Crippen molar-refractivity contribution in [3.05, 3.63) is 35.6 Å². The number of aliphatic hydroxyl groups excluding tert-OH is 1. The van der Waals surface area contributed by atoms with E-state index in [0.29, 0.717) is 31.6 Å². The van der Waals surface area contributed by atoms with E-state index in [-0.39, 0.29) is 25.3 Å². The predicted octanol–water partition coefficient (Wildman–Crippen LogP) is 2.24. The molecule has 0 bridgehead atoms. The maximum atomic E-state index is 13.5. The number of carboxylic acid groups (broad SMARTS) is 1. The van der Waals surface area contributed by atoms with Gasteiger partial charge >= 0.3 is 5.97 Å². The van der Waals surface area contributed by atoms with Crippen LogP contribution in [0.4, 0.5) is 4.39 Å². The number of rotatable bonds is 9. The largest absolute Gasteiger partial charge is 0.481 e. The zero-order valence-electron chi connectivity index (χ0n) is 15.7. The number of ether oxygens (including phenoxy) is 1. The molecule has 2 N–H and O–H groups in total. The van der Waals surface area contributed by atoms with E-state index >= 15 is 0 Å². The second-order valence-electron chi connectivity index (χ2n) is 7.19. The summed E-state index contributed by atoms with van der Waals surface area (Å²) in [5, 5.41) is 20.3. The highest BCUT2D eigenvalue weighted by atomic mass is 19.1. The van der Waals surface area contributed by atoms with E-state index in [0.717, 1.165) is 12.8 Å². The number of nitrogens with zero attached hydrogens (tertiary/aromatic N) is 1. The van der Waals surface area contributed by atoms with Gasteiger partial charge in [-0.05, 0) is 43.4 Å². The Morgan fingerprint density at radius 2 is 2.11 bits per heavy atom. The summed E-state index contributed by atoms with van der Waals surface area (Å²) >= 11 is 0. The van der Waals surface area contributed by atoms with Crippen molar-refractivity contribution in [2.45, 2.75) is 44.6 Å². The van der Waals surface area contributed by atoms with Gasteiger partial charge in [0.05, 0.1) is 6.10 Å². The molecule has 0 radical (unpaired) electrons. The number of piperidine rings is 1. The first-order valence-corrected chi connectivity index (χ1v) is 9.31. The number of halogens is 1. The predicted molar refractivity (Wildman–Crippen MR) is 97.7 cm³/mol. The number of likely N-dealkylation sites (tertiary alicyclic amines) is 1. The third-order valence-electron chi connectivity index (χ3n) is 5.21. The highest BCUT2D eigenvalue weighted by Crippen LogP contribution is 2.35. The smallest absolute Gasteiger partial charge is 0.314 e. The molecule has 27 heavy (non-hydrogen) atoms. The molecule has 0 unspecified atom stereocenters. The molecule has 1 saturated heterocycles. The molecule has 2 atom stereocenters. The average Bonchev–Trinajstić information content (AvgIpc) is 2.63. The maximum absolute atomic E-state index is 13.5. The van der Waals surface area contributed by atoms with Crippen LogP contribution in [-0.4, -0.2) is 59.9 Å². The van der Waals surface area contributed by atoms with Gasteiger partial charge in [0.15, 0.2) is 0 Å². The van der Waals surface area contributed by atoms with Gasteiger partial charge in [-0.2, -0.15) is 0 Å². The van der Waals surface area contributed by atoms with Gasteiger partial charge in [-0.3, -0.25) is 9.59 Å². The summed E-state index contributed by atoms with van der Waals surface area (Å²) in [6.07, 6.45) is 1.87. The highest BCUT2D eigenvalue weighted by Gasteiger charge is 2.50. The first-order chi connectivity index (χ1) is 12.9. The van der Waals surface area contributed by atoms with Gasteiger partial charge in [-0.15, -0.1) is 0 Å². The van der Waals surface area contributed by atoms with Gasteiger partial charge in [-0.25, -0.2) is 4.39 Å². The van der Waals surface area contributed by atoms with E-state index in [1.807, 2.05) is 0 Å². The fourth-order valence-electron chi connectivity index (χ4n) is 3.62. The first kappa shape index (κ1) is 21.3. The Bertz CT molecular complexity index is 653. The van der Waals surface area contributed by atoms with Gasteiger partial charge in [0.2, 0.25) is 5.91 Å². The maximum Gasteiger partial charge on any atom is 0.314 e. The fraction of sp³-hybridized carbons (Fsp3) is 0.600. The molecular weight excluding hydrogens is 353 g/mol. The summed E-state index contributed by atoms with van der Waals surface area (Å²) in [5.74, 6) is -1.73. The second kappa shape index (κ2) is 9.80. The van der Waals surface area contributed by atoms with E-state index in [9.17, 15) is 24.2 Å².